The summed E-state index contributed by atoms with van der Waals surface area (Å²) in [6.45, 7) is 4.42. The van der Waals surface area contributed by atoms with Crippen LogP contribution in [0.5, 0.6) is 5.75 Å². The third kappa shape index (κ3) is 3.43. The first-order valence-electron chi connectivity index (χ1n) is 7.61. The number of hydrogen-bond donors (Lipinski definition) is 1. The Balaban J connectivity index is 1.76. The number of hydrogen-bond acceptors (Lipinski definition) is 4. The highest BCUT2D eigenvalue weighted by atomic mass is 16.5. The van der Waals surface area contributed by atoms with Gasteiger partial charge in [0.2, 0.25) is 0 Å². The largest absolute Gasteiger partial charge is 0.497 e. The fourth-order valence-corrected chi connectivity index (χ4v) is 2.56. The summed E-state index contributed by atoms with van der Waals surface area (Å²) < 4.78 is 6.61. The summed E-state index contributed by atoms with van der Waals surface area (Å²) in [4.78, 5) is 18.8. The normalized spacial score (nSPS) is 11.3. The average Bonchev–Trinajstić information content (AvgIpc) is 3.04. The molecule has 0 saturated heterocycles. The van der Waals surface area contributed by atoms with Crippen LogP contribution in [-0.2, 0) is 13.1 Å². The summed E-state index contributed by atoms with van der Waals surface area (Å²) in [5, 5.41) is 2.85. The molecule has 1 N–H and O–H groups in total. The lowest BCUT2D eigenvalue weighted by atomic mass is 10.2. The Morgan fingerprint density at radius 3 is 2.70 bits per heavy atom. The van der Waals surface area contributed by atoms with Gasteiger partial charge in [0.15, 0.2) is 5.65 Å². The zero-order chi connectivity index (χ0) is 16.2. The molecular weight excluding hydrogens is 292 g/mol. The molecule has 0 aliphatic carbocycles. The number of benzene rings is 1. The zero-order valence-corrected chi connectivity index (χ0v) is 13.3. The number of H-pyrrole nitrogens is 1. The van der Waals surface area contributed by atoms with Gasteiger partial charge in [-0.3, -0.25) is 14.8 Å². The number of ether oxygens (including phenoxy) is 1. The lowest BCUT2D eigenvalue weighted by Gasteiger charge is -2.20. The third-order valence-corrected chi connectivity index (χ3v) is 3.83. The molecule has 3 rings (SSSR count). The van der Waals surface area contributed by atoms with E-state index in [2.05, 4.69) is 34.0 Å². The molecule has 0 fully saturated rings. The summed E-state index contributed by atoms with van der Waals surface area (Å²) in [7, 11) is 1.66. The van der Waals surface area contributed by atoms with Crippen molar-refractivity contribution < 1.29 is 4.74 Å². The van der Waals surface area contributed by atoms with E-state index in [1.165, 1.54) is 10.1 Å². The number of fused-ring (bicyclic) bond motifs is 1. The summed E-state index contributed by atoms with van der Waals surface area (Å²) in [6.07, 6.45) is 1.71. The van der Waals surface area contributed by atoms with Gasteiger partial charge < -0.3 is 4.74 Å². The van der Waals surface area contributed by atoms with Crippen LogP contribution in [0.2, 0.25) is 0 Å². The van der Waals surface area contributed by atoms with Crippen molar-refractivity contribution in [1.82, 2.24) is 19.5 Å². The van der Waals surface area contributed by atoms with E-state index in [0.29, 0.717) is 12.2 Å². The van der Waals surface area contributed by atoms with Crippen molar-refractivity contribution in [1.29, 1.82) is 0 Å². The Morgan fingerprint density at radius 2 is 2.00 bits per heavy atom. The van der Waals surface area contributed by atoms with Crippen molar-refractivity contribution in [3.05, 3.63) is 64.2 Å². The maximum atomic E-state index is 12.0. The summed E-state index contributed by atoms with van der Waals surface area (Å²) >= 11 is 0. The van der Waals surface area contributed by atoms with Crippen LogP contribution in [0.3, 0.4) is 0 Å². The second-order valence-electron chi connectivity index (χ2n) is 5.39. The molecule has 0 amide bonds. The number of nitrogens with zero attached hydrogens (tertiary/aromatic N) is 3. The van der Waals surface area contributed by atoms with E-state index in [4.69, 9.17) is 4.74 Å². The predicted octanol–water partition coefficient (Wildman–Crippen LogP) is 2.05. The van der Waals surface area contributed by atoms with Crippen LogP contribution < -0.4 is 10.3 Å². The molecule has 0 unspecified atom stereocenters. The molecule has 23 heavy (non-hydrogen) atoms. The van der Waals surface area contributed by atoms with E-state index >= 15 is 0 Å². The molecule has 3 aromatic rings. The molecule has 2 heterocycles. The molecular formula is C17H20N4O2. The first-order valence-corrected chi connectivity index (χ1v) is 7.61. The summed E-state index contributed by atoms with van der Waals surface area (Å²) in [6, 6.07) is 11.4. The van der Waals surface area contributed by atoms with Crippen LogP contribution >= 0.6 is 0 Å². The minimum atomic E-state index is -0.0875. The van der Waals surface area contributed by atoms with Gasteiger partial charge in [-0.15, -0.1) is 0 Å². The van der Waals surface area contributed by atoms with E-state index in [0.717, 1.165) is 24.5 Å². The monoisotopic (exact) mass is 312 g/mol. The van der Waals surface area contributed by atoms with E-state index in [-0.39, 0.29) is 5.56 Å². The number of nitrogens with one attached hydrogen (secondary N) is 1. The Hall–Kier alpha value is -2.60. The van der Waals surface area contributed by atoms with Crippen molar-refractivity contribution in [3.8, 4) is 5.75 Å². The SMILES string of the molecule is CCN(Cc1ccc(OC)cc1)Cc1cc(=O)n2[nH]ccc2n1. The highest BCUT2D eigenvalue weighted by molar-refractivity contribution is 5.36. The minimum Gasteiger partial charge on any atom is -0.497 e. The maximum Gasteiger partial charge on any atom is 0.272 e. The Bertz CT molecular complexity index is 836. The first kappa shape index (κ1) is 15.3. The number of rotatable bonds is 6. The molecule has 0 atom stereocenters. The molecule has 0 radical (unpaired) electrons. The molecule has 0 aliphatic heterocycles. The van der Waals surface area contributed by atoms with Crippen LogP contribution in [0.25, 0.3) is 5.65 Å². The molecule has 0 aliphatic rings. The number of methoxy groups -OCH3 is 1. The standard InChI is InChI=1S/C17H20N4O2/c1-3-20(11-13-4-6-15(23-2)7-5-13)12-14-10-17(22)21-16(19-14)8-9-18-21/h4-10,18H,3,11-12H2,1-2H3. The number of aromatic nitrogens is 3. The van der Waals surface area contributed by atoms with Crippen LogP contribution in [0.15, 0.2) is 47.4 Å². The van der Waals surface area contributed by atoms with Gasteiger partial charge in [-0.1, -0.05) is 19.1 Å². The van der Waals surface area contributed by atoms with Gasteiger partial charge in [0.05, 0.1) is 12.8 Å². The summed E-state index contributed by atoms with van der Waals surface area (Å²) in [5.74, 6) is 0.851. The lowest BCUT2D eigenvalue weighted by Crippen LogP contribution is -2.25. The lowest BCUT2D eigenvalue weighted by molar-refractivity contribution is 0.268. The molecule has 1 aromatic carbocycles. The van der Waals surface area contributed by atoms with Crippen LogP contribution in [0, 0.1) is 0 Å². The smallest absolute Gasteiger partial charge is 0.272 e. The fraction of sp³-hybridized carbons (Fsp3) is 0.294. The number of aromatic amines is 1. The molecule has 2 aromatic heterocycles. The quantitative estimate of drug-likeness (QED) is 0.757. The maximum absolute atomic E-state index is 12.0. The van der Waals surface area contributed by atoms with Crippen molar-refractivity contribution in [2.75, 3.05) is 13.7 Å². The zero-order valence-electron chi connectivity index (χ0n) is 13.3. The molecule has 120 valence electrons. The third-order valence-electron chi connectivity index (χ3n) is 3.83. The van der Waals surface area contributed by atoms with Gasteiger partial charge in [0.1, 0.15) is 5.75 Å². The first-order chi connectivity index (χ1) is 11.2. The molecule has 0 saturated carbocycles. The Kier molecular flexibility index (Phi) is 4.43. The average molecular weight is 312 g/mol. The van der Waals surface area contributed by atoms with Crippen LogP contribution in [0.4, 0.5) is 0 Å². The van der Waals surface area contributed by atoms with Gasteiger partial charge in [0, 0.05) is 31.4 Å². The molecule has 0 bridgehead atoms. The predicted molar refractivity (Wildman–Crippen MR) is 88.6 cm³/mol. The van der Waals surface area contributed by atoms with Gasteiger partial charge in [0.25, 0.3) is 5.56 Å². The Morgan fingerprint density at radius 1 is 1.22 bits per heavy atom. The highest BCUT2D eigenvalue weighted by Gasteiger charge is 2.09. The van der Waals surface area contributed by atoms with E-state index in [1.807, 2.05) is 12.1 Å². The minimum absolute atomic E-state index is 0.0875. The summed E-state index contributed by atoms with van der Waals surface area (Å²) in [5.41, 5.74) is 2.54. The van der Waals surface area contributed by atoms with Crippen molar-refractivity contribution in [2.24, 2.45) is 0 Å². The van der Waals surface area contributed by atoms with Gasteiger partial charge in [-0.25, -0.2) is 9.50 Å². The van der Waals surface area contributed by atoms with Crippen LogP contribution in [0.1, 0.15) is 18.2 Å². The molecule has 0 spiro atoms. The van der Waals surface area contributed by atoms with E-state index in [1.54, 1.807) is 25.4 Å². The van der Waals surface area contributed by atoms with Crippen molar-refractivity contribution >= 4 is 5.65 Å². The fourth-order valence-electron chi connectivity index (χ4n) is 2.56. The van der Waals surface area contributed by atoms with E-state index < -0.39 is 0 Å². The van der Waals surface area contributed by atoms with E-state index in [9.17, 15) is 4.79 Å². The second-order valence-corrected chi connectivity index (χ2v) is 5.39. The topological polar surface area (TPSA) is 62.6 Å². The molecule has 6 heteroatoms. The van der Waals surface area contributed by atoms with Gasteiger partial charge in [-0.05, 0) is 24.2 Å². The highest BCUT2D eigenvalue weighted by Crippen LogP contribution is 2.14. The second kappa shape index (κ2) is 6.66. The van der Waals surface area contributed by atoms with Crippen LogP contribution in [-0.4, -0.2) is 33.2 Å². The molecule has 6 nitrogen and oxygen atoms in total. The van der Waals surface area contributed by atoms with Gasteiger partial charge in [-0.2, -0.15) is 0 Å². The van der Waals surface area contributed by atoms with Gasteiger partial charge >= 0.3 is 0 Å². The Labute approximate surface area is 134 Å². The van der Waals surface area contributed by atoms with Crippen molar-refractivity contribution in [2.45, 2.75) is 20.0 Å². The van der Waals surface area contributed by atoms with Crippen molar-refractivity contribution in [3.63, 3.8) is 0 Å².